The first-order valence-corrected chi connectivity index (χ1v) is 11.8. The zero-order chi connectivity index (χ0) is 31.7. The Balaban J connectivity index is 0.000000277. The summed E-state index contributed by atoms with van der Waals surface area (Å²) in [6.45, 7) is 1.17. The summed E-state index contributed by atoms with van der Waals surface area (Å²) in [6, 6.07) is 8.31. The molecule has 4 rings (SSSR count). The van der Waals surface area contributed by atoms with E-state index < -0.39 is 57.5 Å². The monoisotopic (exact) mass is 612 g/mol. The molecule has 0 amide bonds. The molecule has 4 aromatic rings. The van der Waals surface area contributed by atoms with Gasteiger partial charge in [-0.05, 0) is 54.4 Å². The second-order valence-corrected chi connectivity index (χ2v) is 8.50. The lowest BCUT2D eigenvalue weighted by molar-refractivity contribution is 0.0683. The highest BCUT2D eigenvalue weighted by molar-refractivity contribution is 6.29. The fraction of sp³-hybridized carbons (Fsp3) is 0.154. The van der Waals surface area contributed by atoms with Gasteiger partial charge >= 0.3 is 11.9 Å². The number of carbonyl (C=O) groups is 2. The van der Waals surface area contributed by atoms with Gasteiger partial charge in [0.05, 0.1) is 18.8 Å². The number of aromatic nitrogens is 4. The highest BCUT2D eigenvalue weighted by Crippen LogP contribution is 2.11. The van der Waals surface area contributed by atoms with E-state index >= 15 is 0 Å². The van der Waals surface area contributed by atoms with Crippen LogP contribution in [0.2, 0.25) is 5.15 Å². The van der Waals surface area contributed by atoms with Gasteiger partial charge in [0.25, 0.3) is 11.1 Å². The summed E-state index contributed by atoms with van der Waals surface area (Å²) in [7, 11) is 1.00. The molecule has 2 aromatic heterocycles. The van der Waals surface area contributed by atoms with Crippen LogP contribution in [0.5, 0.6) is 0 Å². The summed E-state index contributed by atoms with van der Waals surface area (Å²) in [5.74, 6) is -6.94. The molecule has 0 radical (unpaired) electrons. The molecule has 3 N–H and O–H groups in total. The van der Waals surface area contributed by atoms with E-state index in [1.165, 1.54) is 19.1 Å². The van der Waals surface area contributed by atoms with E-state index in [1.54, 1.807) is 0 Å². The molecule has 2 aromatic carbocycles. The molecule has 2 heterocycles. The normalized spacial score (nSPS) is 10.2. The van der Waals surface area contributed by atoms with Crippen LogP contribution >= 0.6 is 11.6 Å². The number of nitrogens with zero attached hydrogens (tertiary/aromatic N) is 4. The number of aryl methyl sites for hydroxylation is 1. The van der Waals surface area contributed by atoms with E-state index in [9.17, 15) is 36.7 Å². The van der Waals surface area contributed by atoms with Gasteiger partial charge < -0.3 is 15.3 Å². The number of hydrogen-bond acceptors (Lipinski definition) is 7. The van der Waals surface area contributed by atoms with E-state index in [1.807, 2.05) is 0 Å². The van der Waals surface area contributed by atoms with E-state index in [4.69, 9.17) is 26.9 Å². The first-order valence-electron chi connectivity index (χ1n) is 11.4. The average molecular weight is 613 g/mol. The summed E-state index contributed by atoms with van der Waals surface area (Å²) in [6.07, 6.45) is 0. The van der Waals surface area contributed by atoms with Crippen LogP contribution in [-0.2, 0) is 13.1 Å². The van der Waals surface area contributed by atoms with Gasteiger partial charge in [0, 0.05) is 7.11 Å². The Kier molecular flexibility index (Phi) is 11.6. The van der Waals surface area contributed by atoms with Gasteiger partial charge in [-0.1, -0.05) is 23.7 Å². The highest BCUT2D eigenvalue weighted by atomic mass is 35.5. The molecular weight excluding hydrogens is 592 g/mol. The van der Waals surface area contributed by atoms with Crippen molar-refractivity contribution in [2.45, 2.75) is 20.0 Å². The highest BCUT2D eigenvalue weighted by Gasteiger charge is 2.15. The Morgan fingerprint density at radius 2 is 1.12 bits per heavy atom. The largest absolute Gasteiger partial charge is 0.477 e. The van der Waals surface area contributed by atoms with Crippen LogP contribution in [0.1, 0.15) is 37.5 Å². The number of aliphatic hydroxyl groups excluding tert-OH is 1. The fourth-order valence-corrected chi connectivity index (χ4v) is 3.53. The second kappa shape index (κ2) is 14.7. The van der Waals surface area contributed by atoms with Crippen molar-refractivity contribution in [2.75, 3.05) is 7.11 Å². The van der Waals surface area contributed by atoms with Crippen LogP contribution in [0.4, 0.5) is 17.6 Å². The maximum Gasteiger partial charge on any atom is 0.341 e. The predicted octanol–water partition coefficient (Wildman–Crippen LogP) is 3.11. The van der Waals surface area contributed by atoms with E-state index in [2.05, 4.69) is 10.2 Å². The maximum atomic E-state index is 13.1. The second-order valence-electron chi connectivity index (χ2n) is 8.11. The lowest BCUT2D eigenvalue weighted by Gasteiger charge is -2.07. The number of hydrogen-bond donors (Lipinski definition) is 3. The zero-order valence-electron chi connectivity index (χ0n) is 21.7. The van der Waals surface area contributed by atoms with Crippen molar-refractivity contribution >= 4 is 23.5 Å². The number of halogens is 5. The quantitative estimate of drug-likeness (QED) is 0.278. The molecule has 0 spiro atoms. The number of carboxylic acids is 2. The maximum absolute atomic E-state index is 13.1. The van der Waals surface area contributed by atoms with Gasteiger partial charge in [0.1, 0.15) is 11.1 Å². The van der Waals surface area contributed by atoms with Crippen molar-refractivity contribution < 1.29 is 42.5 Å². The fourth-order valence-electron chi connectivity index (χ4n) is 3.33. The molecule has 0 aliphatic rings. The van der Waals surface area contributed by atoms with Crippen LogP contribution < -0.4 is 11.1 Å². The number of rotatable bonds is 6. The van der Waals surface area contributed by atoms with Crippen LogP contribution in [-0.4, -0.2) is 53.9 Å². The molecule has 42 heavy (non-hydrogen) atoms. The molecule has 0 bridgehead atoms. The first-order chi connectivity index (χ1) is 19.8. The number of aliphatic hydroxyl groups is 1. The third kappa shape index (κ3) is 8.55. The third-order valence-corrected chi connectivity index (χ3v) is 5.32. The number of benzene rings is 2. The van der Waals surface area contributed by atoms with Gasteiger partial charge in [0.2, 0.25) is 0 Å². The van der Waals surface area contributed by atoms with Crippen LogP contribution in [0.15, 0.2) is 58.1 Å². The standard InChI is InChI=1S/C13H10F2N2O3.C12H7ClF2N2O3.CH4O/c1-7-4-9(13(19)20)12(18)17(16-7)6-8-2-3-10(14)11(15)5-8;13-10-4-7(12(19)20)11(18)17(16-10)5-6-1-2-8(14)9(15)3-6;1-2/h2-5H,6H2,1H3,(H,19,20);1-4H,5H2,(H,19,20);2H,1H3. The van der Waals surface area contributed by atoms with Crippen molar-refractivity contribution in [2.24, 2.45) is 0 Å². The Morgan fingerprint density at radius 1 is 0.714 bits per heavy atom. The minimum Gasteiger partial charge on any atom is -0.477 e. The van der Waals surface area contributed by atoms with Crippen LogP contribution in [0.3, 0.4) is 0 Å². The molecule has 16 heteroatoms. The Labute approximate surface area is 238 Å². The summed E-state index contributed by atoms with van der Waals surface area (Å²) < 4.78 is 53.4. The molecule has 0 unspecified atom stereocenters. The molecule has 0 aliphatic carbocycles. The minimum absolute atomic E-state index is 0.141. The Bertz CT molecular complexity index is 1620. The van der Waals surface area contributed by atoms with Crippen molar-refractivity contribution in [3.63, 3.8) is 0 Å². The number of aromatic carboxylic acids is 2. The van der Waals surface area contributed by atoms with Crippen LogP contribution in [0.25, 0.3) is 0 Å². The summed E-state index contributed by atoms with van der Waals surface area (Å²) in [4.78, 5) is 45.5. The molecular formula is C26H21ClF4N4O7. The molecule has 0 fully saturated rings. The van der Waals surface area contributed by atoms with E-state index in [0.717, 1.165) is 52.9 Å². The van der Waals surface area contributed by atoms with Crippen molar-refractivity contribution in [3.8, 4) is 0 Å². The minimum atomic E-state index is -1.45. The Morgan fingerprint density at radius 3 is 1.52 bits per heavy atom. The SMILES string of the molecule is CO.Cc1cc(C(=O)O)c(=O)n(Cc2ccc(F)c(F)c2)n1.O=C(O)c1cc(Cl)nn(Cc2ccc(F)c(F)c2)c1=O. The van der Waals surface area contributed by atoms with Crippen molar-refractivity contribution in [1.82, 2.24) is 19.6 Å². The summed E-state index contributed by atoms with van der Waals surface area (Å²) in [5.41, 5.74) is -1.76. The average Bonchev–Trinajstić information content (AvgIpc) is 2.93. The first kappa shape index (κ1) is 33.3. The molecule has 11 nitrogen and oxygen atoms in total. The lowest BCUT2D eigenvalue weighted by Crippen LogP contribution is -2.29. The summed E-state index contributed by atoms with van der Waals surface area (Å²) >= 11 is 5.62. The topological polar surface area (TPSA) is 165 Å². The lowest BCUT2D eigenvalue weighted by atomic mass is 10.2. The van der Waals surface area contributed by atoms with Gasteiger partial charge in [-0.2, -0.15) is 10.2 Å². The molecule has 0 saturated heterocycles. The molecule has 222 valence electrons. The van der Waals surface area contributed by atoms with Crippen molar-refractivity contribution in [3.05, 3.63) is 126 Å². The molecule has 0 aliphatic heterocycles. The third-order valence-electron chi connectivity index (χ3n) is 5.13. The van der Waals surface area contributed by atoms with Gasteiger partial charge in [-0.15, -0.1) is 0 Å². The number of carboxylic acid groups (broad SMARTS) is 2. The van der Waals surface area contributed by atoms with E-state index in [-0.39, 0.29) is 23.8 Å². The van der Waals surface area contributed by atoms with E-state index in [0.29, 0.717) is 11.3 Å². The summed E-state index contributed by atoms with van der Waals surface area (Å²) in [5, 5.41) is 32.1. The molecule has 0 saturated carbocycles. The zero-order valence-corrected chi connectivity index (χ0v) is 22.4. The Hall–Kier alpha value is -4.89. The van der Waals surface area contributed by atoms with Crippen molar-refractivity contribution in [1.29, 1.82) is 0 Å². The van der Waals surface area contributed by atoms with Gasteiger partial charge in [0.15, 0.2) is 28.4 Å². The van der Waals surface area contributed by atoms with Crippen LogP contribution in [0, 0.1) is 30.2 Å². The van der Waals surface area contributed by atoms with Gasteiger partial charge in [-0.3, -0.25) is 9.59 Å². The molecule has 0 atom stereocenters. The smallest absolute Gasteiger partial charge is 0.341 e. The van der Waals surface area contributed by atoms with Gasteiger partial charge in [-0.25, -0.2) is 36.5 Å². The predicted molar refractivity (Wildman–Crippen MR) is 140 cm³/mol.